The second-order valence-electron chi connectivity index (χ2n) is 4.45. The van der Waals surface area contributed by atoms with Gasteiger partial charge >= 0.3 is 0 Å². The highest BCUT2D eigenvalue weighted by Crippen LogP contribution is 2.18. The summed E-state index contributed by atoms with van der Waals surface area (Å²) in [7, 11) is 1.70. The smallest absolute Gasteiger partial charge is 0.121 e. The standard InChI is InChI=1S/C15H25NO2/c1-4-5-9-18-10-8-16-12-14-6-7-15(17-3)13(2)11-14/h6-7,11,16H,4-5,8-10,12H2,1-3H3. The minimum Gasteiger partial charge on any atom is -0.496 e. The lowest BCUT2D eigenvalue weighted by molar-refractivity contribution is 0.133. The van der Waals surface area contributed by atoms with E-state index in [-0.39, 0.29) is 0 Å². The van der Waals surface area contributed by atoms with E-state index in [2.05, 4.69) is 31.3 Å². The molecule has 0 unspecified atom stereocenters. The number of methoxy groups -OCH3 is 1. The van der Waals surface area contributed by atoms with Crippen LogP contribution in [-0.2, 0) is 11.3 Å². The molecule has 3 nitrogen and oxygen atoms in total. The minimum absolute atomic E-state index is 0.787. The van der Waals surface area contributed by atoms with E-state index in [0.29, 0.717) is 0 Å². The average molecular weight is 251 g/mol. The molecule has 0 spiro atoms. The number of nitrogens with one attached hydrogen (secondary N) is 1. The molecular weight excluding hydrogens is 226 g/mol. The van der Waals surface area contributed by atoms with Gasteiger partial charge < -0.3 is 14.8 Å². The Kier molecular flexibility index (Phi) is 7.46. The van der Waals surface area contributed by atoms with Crippen LogP contribution in [0.4, 0.5) is 0 Å². The normalized spacial score (nSPS) is 10.6. The summed E-state index contributed by atoms with van der Waals surface area (Å²) < 4.78 is 10.7. The molecule has 0 atom stereocenters. The first-order valence-electron chi connectivity index (χ1n) is 6.70. The third-order valence-electron chi connectivity index (χ3n) is 2.85. The van der Waals surface area contributed by atoms with Crippen LogP contribution >= 0.6 is 0 Å². The van der Waals surface area contributed by atoms with Crippen molar-refractivity contribution in [1.29, 1.82) is 0 Å². The topological polar surface area (TPSA) is 30.5 Å². The third kappa shape index (κ3) is 5.52. The monoisotopic (exact) mass is 251 g/mol. The van der Waals surface area contributed by atoms with Gasteiger partial charge in [-0.3, -0.25) is 0 Å². The van der Waals surface area contributed by atoms with Crippen molar-refractivity contribution in [2.45, 2.75) is 33.2 Å². The highest BCUT2D eigenvalue weighted by Gasteiger charge is 1.99. The van der Waals surface area contributed by atoms with Crippen LogP contribution in [0.1, 0.15) is 30.9 Å². The fraction of sp³-hybridized carbons (Fsp3) is 0.600. The number of rotatable bonds is 9. The van der Waals surface area contributed by atoms with Gasteiger partial charge in [0.2, 0.25) is 0 Å². The zero-order chi connectivity index (χ0) is 13.2. The Balaban J connectivity index is 2.17. The van der Waals surface area contributed by atoms with Gasteiger partial charge in [-0.15, -0.1) is 0 Å². The summed E-state index contributed by atoms with van der Waals surface area (Å²) in [4.78, 5) is 0. The Hall–Kier alpha value is -1.06. The molecule has 0 saturated heterocycles. The van der Waals surface area contributed by atoms with Crippen LogP contribution < -0.4 is 10.1 Å². The first kappa shape index (κ1) is 15.0. The Bertz CT molecular complexity index is 339. The van der Waals surface area contributed by atoms with Crippen molar-refractivity contribution < 1.29 is 9.47 Å². The van der Waals surface area contributed by atoms with Crippen molar-refractivity contribution in [3.8, 4) is 5.75 Å². The van der Waals surface area contributed by atoms with Crippen molar-refractivity contribution in [3.05, 3.63) is 29.3 Å². The molecule has 0 aromatic heterocycles. The summed E-state index contributed by atoms with van der Waals surface area (Å²) in [6.07, 6.45) is 2.34. The molecule has 102 valence electrons. The molecule has 0 bridgehead atoms. The van der Waals surface area contributed by atoms with E-state index in [1.54, 1.807) is 7.11 Å². The minimum atomic E-state index is 0.787. The van der Waals surface area contributed by atoms with E-state index in [9.17, 15) is 0 Å². The summed E-state index contributed by atoms with van der Waals surface area (Å²) in [5, 5.41) is 3.38. The maximum Gasteiger partial charge on any atom is 0.121 e. The Morgan fingerprint density at radius 3 is 2.72 bits per heavy atom. The molecule has 1 aromatic carbocycles. The second-order valence-corrected chi connectivity index (χ2v) is 4.45. The third-order valence-corrected chi connectivity index (χ3v) is 2.85. The van der Waals surface area contributed by atoms with Gasteiger partial charge in [-0.1, -0.05) is 25.5 Å². The van der Waals surface area contributed by atoms with E-state index in [0.717, 1.165) is 38.5 Å². The molecule has 0 aliphatic rings. The fourth-order valence-electron chi connectivity index (χ4n) is 1.78. The molecule has 3 heteroatoms. The predicted molar refractivity (Wildman–Crippen MR) is 75.2 cm³/mol. The molecule has 1 rings (SSSR count). The maximum atomic E-state index is 5.49. The number of unbranched alkanes of at least 4 members (excludes halogenated alkanes) is 1. The molecule has 1 aromatic rings. The second kappa shape index (κ2) is 8.95. The van der Waals surface area contributed by atoms with Gasteiger partial charge in [-0.05, 0) is 30.5 Å². The number of aryl methyl sites for hydroxylation is 1. The van der Waals surface area contributed by atoms with Crippen LogP contribution in [0.15, 0.2) is 18.2 Å². The van der Waals surface area contributed by atoms with Crippen LogP contribution in [0, 0.1) is 6.92 Å². The number of ether oxygens (including phenoxy) is 2. The Morgan fingerprint density at radius 1 is 1.22 bits per heavy atom. The summed E-state index contributed by atoms with van der Waals surface area (Å²) in [5.41, 5.74) is 2.46. The van der Waals surface area contributed by atoms with Crippen LogP contribution in [0.3, 0.4) is 0 Å². The largest absolute Gasteiger partial charge is 0.496 e. The molecule has 0 fully saturated rings. The lowest BCUT2D eigenvalue weighted by Crippen LogP contribution is -2.19. The molecular formula is C15H25NO2. The number of benzene rings is 1. The summed E-state index contributed by atoms with van der Waals surface area (Å²) in [6, 6.07) is 6.27. The van der Waals surface area contributed by atoms with Gasteiger partial charge in [0.25, 0.3) is 0 Å². The quantitative estimate of drug-likeness (QED) is 0.685. The van der Waals surface area contributed by atoms with E-state index >= 15 is 0 Å². The van der Waals surface area contributed by atoms with Gasteiger partial charge in [-0.25, -0.2) is 0 Å². The SMILES string of the molecule is CCCCOCCNCc1ccc(OC)c(C)c1. The number of hydrogen-bond donors (Lipinski definition) is 1. The molecule has 0 saturated carbocycles. The molecule has 18 heavy (non-hydrogen) atoms. The predicted octanol–water partition coefficient (Wildman–Crippen LogP) is 2.91. The van der Waals surface area contributed by atoms with Gasteiger partial charge in [0.05, 0.1) is 13.7 Å². The molecule has 0 amide bonds. The lowest BCUT2D eigenvalue weighted by Gasteiger charge is -2.09. The highest BCUT2D eigenvalue weighted by molar-refractivity contribution is 5.36. The Labute approximate surface area is 110 Å². The van der Waals surface area contributed by atoms with Crippen molar-refractivity contribution in [2.75, 3.05) is 26.9 Å². The number of hydrogen-bond acceptors (Lipinski definition) is 3. The Morgan fingerprint density at radius 2 is 2.06 bits per heavy atom. The zero-order valence-electron chi connectivity index (χ0n) is 11.8. The van der Waals surface area contributed by atoms with Crippen LogP contribution in [0.25, 0.3) is 0 Å². The van der Waals surface area contributed by atoms with Crippen molar-refractivity contribution in [2.24, 2.45) is 0 Å². The lowest BCUT2D eigenvalue weighted by atomic mass is 10.1. The molecule has 0 heterocycles. The van der Waals surface area contributed by atoms with Crippen LogP contribution in [0.5, 0.6) is 5.75 Å². The van der Waals surface area contributed by atoms with E-state index in [1.165, 1.54) is 17.5 Å². The first-order valence-corrected chi connectivity index (χ1v) is 6.70. The molecule has 0 aliphatic carbocycles. The van der Waals surface area contributed by atoms with Crippen molar-refractivity contribution >= 4 is 0 Å². The van der Waals surface area contributed by atoms with Gasteiger partial charge in [0.15, 0.2) is 0 Å². The summed E-state index contributed by atoms with van der Waals surface area (Å²) in [6.45, 7) is 7.68. The summed E-state index contributed by atoms with van der Waals surface area (Å²) in [5.74, 6) is 0.946. The van der Waals surface area contributed by atoms with Crippen LogP contribution in [-0.4, -0.2) is 26.9 Å². The average Bonchev–Trinajstić information content (AvgIpc) is 2.38. The molecule has 0 aliphatic heterocycles. The van der Waals surface area contributed by atoms with Gasteiger partial charge in [-0.2, -0.15) is 0 Å². The van der Waals surface area contributed by atoms with Crippen LogP contribution in [0.2, 0.25) is 0 Å². The molecule has 1 N–H and O–H groups in total. The van der Waals surface area contributed by atoms with Gasteiger partial charge in [0, 0.05) is 19.7 Å². The zero-order valence-corrected chi connectivity index (χ0v) is 11.8. The van der Waals surface area contributed by atoms with Crippen molar-refractivity contribution in [1.82, 2.24) is 5.32 Å². The van der Waals surface area contributed by atoms with Gasteiger partial charge in [0.1, 0.15) is 5.75 Å². The highest BCUT2D eigenvalue weighted by atomic mass is 16.5. The first-order chi connectivity index (χ1) is 8.77. The van der Waals surface area contributed by atoms with E-state index < -0.39 is 0 Å². The van der Waals surface area contributed by atoms with E-state index in [1.807, 2.05) is 6.07 Å². The van der Waals surface area contributed by atoms with Crippen molar-refractivity contribution in [3.63, 3.8) is 0 Å². The summed E-state index contributed by atoms with van der Waals surface area (Å²) >= 11 is 0. The maximum absolute atomic E-state index is 5.49. The fourth-order valence-corrected chi connectivity index (χ4v) is 1.78. The molecule has 0 radical (unpaired) electrons. The van der Waals surface area contributed by atoms with E-state index in [4.69, 9.17) is 9.47 Å².